The van der Waals surface area contributed by atoms with Crippen LogP contribution in [0.2, 0.25) is 0 Å². The van der Waals surface area contributed by atoms with E-state index in [-0.39, 0.29) is 0 Å². The molecule has 2 aromatic rings. The summed E-state index contributed by atoms with van der Waals surface area (Å²) in [6.45, 7) is 0. The maximum absolute atomic E-state index is 11.0. The van der Waals surface area contributed by atoms with Crippen LogP contribution in [0.3, 0.4) is 0 Å². The summed E-state index contributed by atoms with van der Waals surface area (Å²) in [6.07, 6.45) is 3.67. The van der Waals surface area contributed by atoms with Crippen LogP contribution >= 0.6 is 0 Å². The summed E-state index contributed by atoms with van der Waals surface area (Å²) in [5.41, 5.74) is 0.457. The Labute approximate surface area is 79.0 Å². The standard InChI is InChI=1S/C9H9N3O2/c1-12-3-2-6(5-12)7-4-8(13)11-9(14)10-7/h2-5H,1H3,(H2,10,11,13,14). The third-order valence-corrected chi connectivity index (χ3v) is 1.90. The number of rotatable bonds is 1. The Kier molecular flexibility index (Phi) is 1.85. The van der Waals surface area contributed by atoms with Crippen molar-refractivity contribution in [3.63, 3.8) is 0 Å². The minimum Gasteiger partial charge on any atom is -0.357 e. The Balaban J connectivity index is 2.62. The summed E-state index contributed by atoms with van der Waals surface area (Å²) >= 11 is 0. The van der Waals surface area contributed by atoms with Crippen molar-refractivity contribution in [1.29, 1.82) is 0 Å². The number of nitrogens with zero attached hydrogens (tertiary/aromatic N) is 1. The highest BCUT2D eigenvalue weighted by Gasteiger charge is 2.00. The molecule has 0 fully saturated rings. The van der Waals surface area contributed by atoms with E-state index in [1.165, 1.54) is 6.07 Å². The van der Waals surface area contributed by atoms with Gasteiger partial charge in [0.2, 0.25) is 0 Å². The minimum atomic E-state index is -0.489. The lowest BCUT2D eigenvalue weighted by Crippen LogP contribution is -2.21. The zero-order chi connectivity index (χ0) is 10.1. The van der Waals surface area contributed by atoms with Crippen LogP contribution in [-0.2, 0) is 7.05 Å². The van der Waals surface area contributed by atoms with Gasteiger partial charge in [0.05, 0.1) is 5.69 Å². The van der Waals surface area contributed by atoms with Gasteiger partial charge in [0.1, 0.15) is 0 Å². The molecule has 2 N–H and O–H groups in total. The highest BCUT2D eigenvalue weighted by atomic mass is 16.2. The van der Waals surface area contributed by atoms with Crippen molar-refractivity contribution in [2.45, 2.75) is 0 Å². The predicted molar refractivity (Wildman–Crippen MR) is 52.1 cm³/mol. The molecule has 0 saturated carbocycles. The quantitative estimate of drug-likeness (QED) is 0.669. The third kappa shape index (κ3) is 1.52. The summed E-state index contributed by atoms with van der Waals surface area (Å²) in [4.78, 5) is 26.6. The molecule has 14 heavy (non-hydrogen) atoms. The van der Waals surface area contributed by atoms with Gasteiger partial charge >= 0.3 is 5.69 Å². The normalized spacial score (nSPS) is 10.4. The van der Waals surface area contributed by atoms with Crippen molar-refractivity contribution in [2.24, 2.45) is 7.05 Å². The number of hydrogen-bond acceptors (Lipinski definition) is 2. The van der Waals surface area contributed by atoms with Crippen LogP contribution in [0.25, 0.3) is 11.3 Å². The molecule has 5 nitrogen and oxygen atoms in total. The Bertz CT molecular complexity index is 533. The van der Waals surface area contributed by atoms with Crippen LogP contribution in [0, 0.1) is 0 Å². The summed E-state index contributed by atoms with van der Waals surface area (Å²) < 4.78 is 1.84. The van der Waals surface area contributed by atoms with Crippen molar-refractivity contribution in [3.05, 3.63) is 45.4 Å². The van der Waals surface area contributed by atoms with E-state index in [2.05, 4.69) is 9.97 Å². The smallest absolute Gasteiger partial charge is 0.326 e. The Morgan fingerprint density at radius 1 is 1.29 bits per heavy atom. The fourth-order valence-corrected chi connectivity index (χ4v) is 1.29. The minimum absolute atomic E-state index is 0.396. The van der Waals surface area contributed by atoms with Gasteiger partial charge in [-0.25, -0.2) is 4.79 Å². The second kappa shape index (κ2) is 3.02. The van der Waals surface area contributed by atoms with Crippen molar-refractivity contribution in [3.8, 4) is 11.3 Å². The van der Waals surface area contributed by atoms with Gasteiger partial charge in [-0.05, 0) is 6.07 Å². The Hall–Kier alpha value is -2.04. The molecule has 72 valence electrons. The van der Waals surface area contributed by atoms with Crippen LogP contribution in [0.1, 0.15) is 0 Å². The van der Waals surface area contributed by atoms with Crippen molar-refractivity contribution in [2.75, 3.05) is 0 Å². The fourth-order valence-electron chi connectivity index (χ4n) is 1.29. The molecule has 0 bridgehead atoms. The first kappa shape index (κ1) is 8.55. The molecule has 0 spiro atoms. The lowest BCUT2D eigenvalue weighted by Gasteiger charge is -1.94. The molecule has 5 heteroatoms. The van der Waals surface area contributed by atoms with Crippen molar-refractivity contribution < 1.29 is 0 Å². The topological polar surface area (TPSA) is 70.7 Å². The van der Waals surface area contributed by atoms with Crippen LogP contribution < -0.4 is 11.2 Å². The number of hydrogen-bond donors (Lipinski definition) is 2. The van der Waals surface area contributed by atoms with Gasteiger partial charge in [-0.3, -0.25) is 9.78 Å². The van der Waals surface area contributed by atoms with E-state index in [0.717, 1.165) is 5.56 Å². The van der Waals surface area contributed by atoms with Crippen LogP contribution in [0.4, 0.5) is 0 Å². The summed E-state index contributed by atoms with van der Waals surface area (Å²) in [5, 5.41) is 0. The lowest BCUT2D eigenvalue weighted by molar-refractivity contribution is 0.927. The van der Waals surface area contributed by atoms with E-state index in [1.807, 2.05) is 30.1 Å². The van der Waals surface area contributed by atoms with E-state index < -0.39 is 11.2 Å². The van der Waals surface area contributed by atoms with Crippen LogP contribution in [0.15, 0.2) is 34.1 Å². The predicted octanol–water partition coefficient (Wildman–Crippen LogP) is 0.0687. The largest absolute Gasteiger partial charge is 0.357 e. The zero-order valence-corrected chi connectivity index (χ0v) is 7.57. The zero-order valence-electron chi connectivity index (χ0n) is 7.57. The third-order valence-electron chi connectivity index (χ3n) is 1.90. The van der Waals surface area contributed by atoms with Gasteiger partial charge < -0.3 is 9.55 Å². The highest BCUT2D eigenvalue weighted by Crippen LogP contribution is 2.12. The molecule has 0 aromatic carbocycles. The molecule has 0 aliphatic rings. The van der Waals surface area contributed by atoms with Crippen LogP contribution in [0.5, 0.6) is 0 Å². The summed E-state index contributed by atoms with van der Waals surface area (Å²) in [5.74, 6) is 0. The molecule has 0 unspecified atom stereocenters. The lowest BCUT2D eigenvalue weighted by atomic mass is 10.2. The highest BCUT2D eigenvalue weighted by molar-refractivity contribution is 5.57. The number of nitrogens with one attached hydrogen (secondary N) is 2. The average Bonchev–Trinajstić information content (AvgIpc) is 2.50. The maximum Gasteiger partial charge on any atom is 0.326 e. The summed E-state index contributed by atoms with van der Waals surface area (Å²) in [6, 6.07) is 3.18. The van der Waals surface area contributed by atoms with Gasteiger partial charge in [-0.1, -0.05) is 0 Å². The molecule has 0 amide bonds. The molecule has 0 aliphatic heterocycles. The van der Waals surface area contributed by atoms with Gasteiger partial charge in [0.25, 0.3) is 5.56 Å². The molecule has 0 radical (unpaired) electrons. The second-order valence-corrected chi connectivity index (χ2v) is 3.07. The van der Waals surface area contributed by atoms with Crippen molar-refractivity contribution in [1.82, 2.24) is 14.5 Å². The van der Waals surface area contributed by atoms with Crippen molar-refractivity contribution >= 4 is 0 Å². The molecule has 0 aliphatic carbocycles. The second-order valence-electron chi connectivity index (χ2n) is 3.07. The van der Waals surface area contributed by atoms with E-state index in [9.17, 15) is 9.59 Å². The van der Waals surface area contributed by atoms with E-state index in [1.54, 1.807) is 0 Å². The molecular weight excluding hydrogens is 182 g/mol. The number of aromatic nitrogens is 3. The Morgan fingerprint density at radius 2 is 2.07 bits per heavy atom. The first-order valence-electron chi connectivity index (χ1n) is 4.11. The number of aromatic amines is 2. The van der Waals surface area contributed by atoms with Gasteiger partial charge in [0, 0.05) is 31.1 Å². The van der Waals surface area contributed by atoms with E-state index in [4.69, 9.17) is 0 Å². The monoisotopic (exact) mass is 191 g/mol. The molecule has 0 atom stereocenters. The first-order valence-corrected chi connectivity index (χ1v) is 4.11. The average molecular weight is 191 g/mol. The molecule has 2 rings (SSSR count). The summed E-state index contributed by atoms with van der Waals surface area (Å²) in [7, 11) is 1.87. The molecule has 0 saturated heterocycles. The molecular formula is C9H9N3O2. The van der Waals surface area contributed by atoms with Crippen LogP contribution in [-0.4, -0.2) is 14.5 Å². The number of aryl methyl sites for hydroxylation is 1. The fraction of sp³-hybridized carbons (Fsp3) is 0.111. The molecule has 2 aromatic heterocycles. The van der Waals surface area contributed by atoms with Gasteiger partial charge in [-0.2, -0.15) is 0 Å². The maximum atomic E-state index is 11.0. The molecule has 2 heterocycles. The van der Waals surface area contributed by atoms with Gasteiger partial charge in [-0.15, -0.1) is 0 Å². The van der Waals surface area contributed by atoms with E-state index >= 15 is 0 Å². The first-order chi connectivity index (χ1) is 6.65. The van der Waals surface area contributed by atoms with Gasteiger partial charge in [0.15, 0.2) is 0 Å². The Morgan fingerprint density at radius 3 is 2.64 bits per heavy atom. The van der Waals surface area contributed by atoms with E-state index in [0.29, 0.717) is 5.69 Å². The number of H-pyrrole nitrogens is 2. The SMILES string of the molecule is Cn1ccc(-c2cc(=O)[nH]c(=O)[nH]2)c1.